The van der Waals surface area contributed by atoms with Gasteiger partial charge in [0.1, 0.15) is 6.61 Å². The molecule has 1 aromatic carbocycles. The molecule has 2 atom stereocenters. The number of hydrogen-bond donors (Lipinski definition) is 2. The Bertz CT molecular complexity index is 1200. The topological polar surface area (TPSA) is 100 Å². The second kappa shape index (κ2) is 10.5. The van der Waals surface area contributed by atoms with Gasteiger partial charge in [0.15, 0.2) is 11.0 Å². The van der Waals surface area contributed by atoms with Crippen molar-refractivity contribution in [2.24, 2.45) is 5.92 Å². The molecule has 8 nitrogen and oxygen atoms in total. The van der Waals surface area contributed by atoms with Crippen LogP contribution in [0, 0.1) is 5.92 Å². The van der Waals surface area contributed by atoms with Crippen molar-refractivity contribution in [3.8, 4) is 11.1 Å². The summed E-state index contributed by atoms with van der Waals surface area (Å²) in [6.45, 7) is 2.68. The van der Waals surface area contributed by atoms with Gasteiger partial charge in [0.2, 0.25) is 5.91 Å². The molecule has 2 aromatic heterocycles. The fraction of sp³-hybridized carbons (Fsp3) is 0.556. The first kappa shape index (κ1) is 23.9. The highest BCUT2D eigenvalue weighted by molar-refractivity contribution is 7.22. The zero-order valence-electron chi connectivity index (χ0n) is 20.4. The molecule has 6 rings (SSSR count). The molecule has 2 aliphatic carbocycles. The summed E-state index contributed by atoms with van der Waals surface area (Å²) in [4.78, 5) is 28.9. The molecule has 1 aliphatic heterocycles. The van der Waals surface area contributed by atoms with E-state index in [0.717, 1.165) is 53.4 Å². The van der Waals surface area contributed by atoms with E-state index in [1.807, 2.05) is 12.1 Å². The molecule has 0 spiro atoms. The first-order valence-electron chi connectivity index (χ1n) is 13.2. The van der Waals surface area contributed by atoms with Crippen molar-refractivity contribution in [3.05, 3.63) is 36.4 Å². The van der Waals surface area contributed by atoms with Crippen LogP contribution in [0.3, 0.4) is 0 Å². The van der Waals surface area contributed by atoms with Crippen molar-refractivity contribution in [1.82, 2.24) is 19.9 Å². The fourth-order valence-electron chi connectivity index (χ4n) is 5.61. The minimum atomic E-state index is -0.379. The predicted molar refractivity (Wildman–Crippen MR) is 140 cm³/mol. The lowest BCUT2D eigenvalue weighted by Gasteiger charge is -2.43. The van der Waals surface area contributed by atoms with Crippen molar-refractivity contribution in [1.29, 1.82) is 0 Å². The number of anilines is 1. The smallest absolute Gasteiger partial charge is 0.229 e. The van der Waals surface area contributed by atoms with Gasteiger partial charge in [-0.25, -0.2) is 15.0 Å². The first-order chi connectivity index (χ1) is 17.6. The summed E-state index contributed by atoms with van der Waals surface area (Å²) in [5, 5.41) is 13.6. The lowest BCUT2D eigenvalue weighted by Crippen LogP contribution is -2.49. The number of likely N-dealkylation sites (tertiary alicyclic amines) is 1. The van der Waals surface area contributed by atoms with Crippen molar-refractivity contribution in [2.75, 3.05) is 18.4 Å². The van der Waals surface area contributed by atoms with E-state index >= 15 is 0 Å². The SMILES string of the molecule is O=C(Nc1nc2ccc(-c3cnc(CO[C@H]4CCC[C@@H]4O)nc3)cc2s1)C1CC(N2CCCCC2)C1. The number of ether oxygens (including phenoxy) is 1. The third kappa shape index (κ3) is 5.16. The molecule has 0 radical (unpaired) electrons. The average molecular weight is 508 g/mol. The zero-order valence-corrected chi connectivity index (χ0v) is 21.3. The Morgan fingerprint density at radius 2 is 1.89 bits per heavy atom. The number of nitrogens with zero attached hydrogens (tertiary/aromatic N) is 4. The van der Waals surface area contributed by atoms with Crippen molar-refractivity contribution < 1.29 is 14.6 Å². The minimum absolute atomic E-state index is 0.0936. The van der Waals surface area contributed by atoms with E-state index in [4.69, 9.17) is 4.74 Å². The molecular formula is C27H33N5O3S. The molecular weight excluding hydrogens is 474 g/mol. The van der Waals surface area contributed by atoms with Crippen LogP contribution in [-0.2, 0) is 16.1 Å². The summed E-state index contributed by atoms with van der Waals surface area (Å²) in [7, 11) is 0. The van der Waals surface area contributed by atoms with Crippen LogP contribution in [0.2, 0.25) is 0 Å². The molecule has 0 unspecified atom stereocenters. The maximum Gasteiger partial charge on any atom is 0.229 e. The Kier molecular flexibility index (Phi) is 6.97. The van der Waals surface area contributed by atoms with E-state index in [-0.39, 0.29) is 24.0 Å². The van der Waals surface area contributed by atoms with E-state index < -0.39 is 0 Å². The number of carbonyl (C=O) groups excluding carboxylic acids is 1. The zero-order chi connectivity index (χ0) is 24.5. The van der Waals surface area contributed by atoms with Gasteiger partial charge >= 0.3 is 0 Å². The number of fused-ring (bicyclic) bond motifs is 1. The molecule has 1 amide bonds. The van der Waals surface area contributed by atoms with Crippen LogP contribution in [0.15, 0.2) is 30.6 Å². The van der Waals surface area contributed by atoms with Gasteiger partial charge < -0.3 is 20.1 Å². The third-order valence-corrected chi connectivity index (χ3v) is 8.83. The Labute approximate surface area is 215 Å². The largest absolute Gasteiger partial charge is 0.390 e. The highest BCUT2D eigenvalue weighted by Crippen LogP contribution is 2.36. The van der Waals surface area contributed by atoms with Crippen LogP contribution in [0.4, 0.5) is 5.13 Å². The van der Waals surface area contributed by atoms with Gasteiger partial charge in [0, 0.05) is 29.9 Å². The van der Waals surface area contributed by atoms with Crippen LogP contribution >= 0.6 is 11.3 Å². The Hall–Kier alpha value is -2.46. The van der Waals surface area contributed by atoms with E-state index in [1.54, 1.807) is 12.4 Å². The molecule has 9 heteroatoms. The van der Waals surface area contributed by atoms with Gasteiger partial charge in [-0.1, -0.05) is 23.8 Å². The highest BCUT2D eigenvalue weighted by Gasteiger charge is 2.38. The Morgan fingerprint density at radius 3 is 2.64 bits per heavy atom. The average Bonchev–Trinajstić information content (AvgIpc) is 3.47. The van der Waals surface area contributed by atoms with Gasteiger partial charge in [-0.3, -0.25) is 4.79 Å². The Balaban J connectivity index is 1.05. The maximum atomic E-state index is 12.8. The van der Waals surface area contributed by atoms with E-state index in [9.17, 15) is 9.90 Å². The van der Waals surface area contributed by atoms with Crippen LogP contribution in [-0.4, -0.2) is 62.2 Å². The minimum Gasteiger partial charge on any atom is -0.390 e. The molecule has 3 fully saturated rings. The standard InChI is InChI=1S/C27H33N5O3S/c33-22-5-4-6-23(22)35-16-25-28-14-19(15-29-25)17-7-8-21-24(13-17)36-27(30-21)31-26(34)18-11-20(12-18)32-9-2-1-3-10-32/h7-8,13-15,18,20,22-23,33H,1-6,9-12,16H2,(H,30,31,34)/t18?,20?,22-,23-/m0/s1. The number of benzene rings is 1. The number of aliphatic hydroxyl groups is 1. The number of aliphatic hydroxyl groups excluding tert-OH is 1. The van der Waals surface area contributed by atoms with Gasteiger partial charge in [-0.05, 0) is 75.7 Å². The number of thiazole rings is 1. The maximum absolute atomic E-state index is 12.8. The van der Waals surface area contributed by atoms with Crippen molar-refractivity contribution in [2.45, 2.75) is 76.2 Å². The molecule has 190 valence electrons. The molecule has 2 saturated carbocycles. The normalized spacial score (nSPS) is 26.7. The monoisotopic (exact) mass is 507 g/mol. The summed E-state index contributed by atoms with van der Waals surface area (Å²) < 4.78 is 6.80. The van der Waals surface area contributed by atoms with Crippen molar-refractivity contribution in [3.63, 3.8) is 0 Å². The lowest BCUT2D eigenvalue weighted by atomic mass is 9.78. The van der Waals surface area contributed by atoms with E-state index in [2.05, 4.69) is 31.2 Å². The van der Waals surface area contributed by atoms with Gasteiger partial charge in [-0.2, -0.15) is 0 Å². The summed E-state index contributed by atoms with van der Waals surface area (Å²) in [6, 6.07) is 6.63. The first-order valence-corrected chi connectivity index (χ1v) is 14.0. The van der Waals surface area contributed by atoms with Crippen LogP contribution < -0.4 is 5.32 Å². The second-order valence-electron chi connectivity index (χ2n) is 10.3. The van der Waals surface area contributed by atoms with E-state index in [0.29, 0.717) is 23.6 Å². The number of rotatable bonds is 7. The van der Waals surface area contributed by atoms with Crippen LogP contribution in [0.5, 0.6) is 0 Å². The molecule has 2 N–H and O–H groups in total. The molecule has 1 saturated heterocycles. The number of piperidine rings is 1. The number of carbonyl (C=O) groups is 1. The lowest BCUT2D eigenvalue weighted by molar-refractivity contribution is -0.124. The van der Waals surface area contributed by atoms with Gasteiger partial charge in [0.05, 0.1) is 22.4 Å². The number of nitrogens with one attached hydrogen (secondary N) is 1. The van der Waals surface area contributed by atoms with Gasteiger partial charge in [0.25, 0.3) is 0 Å². The van der Waals surface area contributed by atoms with Gasteiger partial charge in [-0.15, -0.1) is 0 Å². The summed E-state index contributed by atoms with van der Waals surface area (Å²) in [5.41, 5.74) is 2.80. The summed E-state index contributed by atoms with van der Waals surface area (Å²) >= 11 is 1.50. The summed E-state index contributed by atoms with van der Waals surface area (Å²) in [6.07, 6.45) is 11.6. The predicted octanol–water partition coefficient (Wildman–Crippen LogP) is 4.39. The summed E-state index contributed by atoms with van der Waals surface area (Å²) in [5.74, 6) is 0.801. The van der Waals surface area contributed by atoms with E-state index in [1.165, 1.54) is 43.7 Å². The third-order valence-electron chi connectivity index (χ3n) is 7.89. The molecule has 3 aromatic rings. The number of amides is 1. The van der Waals surface area contributed by atoms with Crippen molar-refractivity contribution >= 4 is 32.6 Å². The molecule has 36 heavy (non-hydrogen) atoms. The Morgan fingerprint density at radius 1 is 1.08 bits per heavy atom. The quantitative estimate of drug-likeness (QED) is 0.489. The second-order valence-corrected chi connectivity index (χ2v) is 11.4. The number of hydrogen-bond acceptors (Lipinski definition) is 8. The van der Waals surface area contributed by atoms with Crippen LogP contribution in [0.1, 0.15) is 57.2 Å². The molecule has 3 aliphatic rings. The number of aromatic nitrogens is 3. The highest BCUT2D eigenvalue weighted by atomic mass is 32.1. The van der Waals surface area contributed by atoms with Crippen LogP contribution in [0.25, 0.3) is 21.3 Å². The molecule has 0 bridgehead atoms. The fourth-order valence-corrected chi connectivity index (χ4v) is 6.52. The molecule has 3 heterocycles.